The van der Waals surface area contributed by atoms with Gasteiger partial charge in [-0.1, -0.05) is 6.07 Å². The van der Waals surface area contributed by atoms with Crippen LogP contribution in [-0.2, 0) is 17.8 Å². The minimum Gasteiger partial charge on any atom is -0.497 e. The van der Waals surface area contributed by atoms with Crippen molar-refractivity contribution in [2.75, 3.05) is 39.1 Å². The smallest absolute Gasteiger partial charge is 0.254 e. The van der Waals surface area contributed by atoms with E-state index in [1.54, 1.807) is 20.1 Å². The minimum absolute atomic E-state index is 0.0314. The van der Waals surface area contributed by atoms with Crippen LogP contribution in [0.1, 0.15) is 53.1 Å². The van der Waals surface area contributed by atoms with Crippen LogP contribution in [0.25, 0.3) is 0 Å². The molecule has 1 fully saturated rings. The van der Waals surface area contributed by atoms with Crippen LogP contribution < -0.4 is 10.1 Å². The topological polar surface area (TPSA) is 87.7 Å². The maximum absolute atomic E-state index is 13.1. The highest BCUT2D eigenvalue weighted by Crippen LogP contribution is 2.30. The van der Waals surface area contributed by atoms with E-state index in [4.69, 9.17) is 14.7 Å². The summed E-state index contributed by atoms with van der Waals surface area (Å²) in [5.41, 5.74) is 2.56. The monoisotopic (exact) mass is 423 g/mol. The molecule has 0 saturated carbocycles. The Morgan fingerprint density at radius 3 is 2.77 bits per heavy atom. The van der Waals surface area contributed by atoms with E-state index in [9.17, 15) is 9.59 Å². The zero-order chi connectivity index (χ0) is 22.0. The average Bonchev–Trinajstić information content (AvgIpc) is 2.82. The van der Waals surface area contributed by atoms with Crippen molar-refractivity contribution in [3.8, 4) is 5.75 Å². The molecule has 0 spiro atoms. The van der Waals surface area contributed by atoms with Crippen LogP contribution in [0.2, 0.25) is 0 Å². The van der Waals surface area contributed by atoms with Crippen LogP contribution in [0, 0.1) is 0 Å². The number of anilines is 1. The Bertz CT molecular complexity index is 993. The molecular weight excluding hydrogens is 394 g/mol. The highest BCUT2D eigenvalue weighted by molar-refractivity contribution is 5.94. The molecule has 8 heteroatoms. The number of rotatable bonds is 4. The molecule has 1 aromatic heterocycles. The van der Waals surface area contributed by atoms with Crippen molar-refractivity contribution < 1.29 is 14.3 Å². The fraction of sp³-hybridized carbons (Fsp3) is 0.478. The molecule has 0 radical (unpaired) electrons. The van der Waals surface area contributed by atoms with Gasteiger partial charge >= 0.3 is 0 Å². The molecule has 164 valence electrons. The number of piperidine rings is 1. The molecule has 0 aliphatic carbocycles. The highest BCUT2D eigenvalue weighted by atomic mass is 16.5. The lowest BCUT2D eigenvalue weighted by Crippen LogP contribution is -2.39. The number of aromatic nitrogens is 2. The first-order valence-electron chi connectivity index (χ1n) is 10.8. The molecule has 3 heterocycles. The summed E-state index contributed by atoms with van der Waals surface area (Å²) in [6.07, 6.45) is 2.60. The molecular formula is C23H29N5O3. The molecule has 1 N–H and O–H groups in total. The predicted octanol–water partition coefficient (Wildman–Crippen LogP) is 2.45. The minimum atomic E-state index is -0.0314. The summed E-state index contributed by atoms with van der Waals surface area (Å²) in [6.45, 7) is 4.10. The third-order valence-corrected chi connectivity index (χ3v) is 6.15. The molecule has 2 amide bonds. The highest BCUT2D eigenvalue weighted by Gasteiger charge is 2.30. The lowest BCUT2D eigenvalue weighted by atomic mass is 9.96. The van der Waals surface area contributed by atoms with Gasteiger partial charge in [-0.25, -0.2) is 9.97 Å². The van der Waals surface area contributed by atoms with E-state index in [1.807, 2.05) is 35.0 Å². The van der Waals surface area contributed by atoms with Crippen LogP contribution in [0.4, 0.5) is 5.82 Å². The van der Waals surface area contributed by atoms with Gasteiger partial charge in [0.15, 0.2) is 0 Å². The number of benzene rings is 1. The van der Waals surface area contributed by atoms with E-state index in [1.165, 1.54) is 0 Å². The van der Waals surface area contributed by atoms with Gasteiger partial charge in [-0.05, 0) is 37.5 Å². The number of nitrogens with zero attached hydrogens (tertiary/aromatic N) is 4. The number of hydrogen-bond acceptors (Lipinski definition) is 6. The summed E-state index contributed by atoms with van der Waals surface area (Å²) in [4.78, 5) is 38.3. The van der Waals surface area contributed by atoms with Gasteiger partial charge in [-0.3, -0.25) is 9.59 Å². The van der Waals surface area contributed by atoms with Gasteiger partial charge in [0.1, 0.15) is 17.4 Å². The van der Waals surface area contributed by atoms with Crippen molar-refractivity contribution in [2.45, 2.75) is 38.6 Å². The third-order valence-electron chi connectivity index (χ3n) is 6.15. The van der Waals surface area contributed by atoms with Crippen molar-refractivity contribution in [1.82, 2.24) is 19.8 Å². The summed E-state index contributed by atoms with van der Waals surface area (Å²) in [6, 6.07) is 7.23. The van der Waals surface area contributed by atoms with Gasteiger partial charge in [0.25, 0.3) is 5.91 Å². The normalized spacial score (nSPS) is 18.4. The molecule has 31 heavy (non-hydrogen) atoms. The second-order valence-electron chi connectivity index (χ2n) is 8.12. The summed E-state index contributed by atoms with van der Waals surface area (Å²) >= 11 is 0. The second kappa shape index (κ2) is 8.91. The number of hydrogen-bond donors (Lipinski definition) is 1. The third kappa shape index (κ3) is 4.33. The zero-order valence-corrected chi connectivity index (χ0v) is 18.4. The molecule has 1 saturated heterocycles. The molecule has 2 aliphatic heterocycles. The van der Waals surface area contributed by atoms with Crippen molar-refractivity contribution in [1.29, 1.82) is 0 Å². The van der Waals surface area contributed by atoms with E-state index in [-0.39, 0.29) is 17.7 Å². The lowest BCUT2D eigenvalue weighted by molar-refractivity contribution is -0.130. The molecule has 2 aliphatic rings. The summed E-state index contributed by atoms with van der Waals surface area (Å²) < 4.78 is 5.26. The lowest BCUT2D eigenvalue weighted by Gasteiger charge is -2.33. The number of fused-ring (bicyclic) bond motifs is 1. The molecule has 4 rings (SSSR count). The van der Waals surface area contributed by atoms with Crippen molar-refractivity contribution in [2.24, 2.45) is 0 Å². The molecule has 1 aromatic carbocycles. The number of nitrogens with one attached hydrogen (secondary N) is 1. The molecule has 1 unspecified atom stereocenters. The fourth-order valence-electron chi connectivity index (χ4n) is 4.42. The maximum Gasteiger partial charge on any atom is 0.254 e. The zero-order valence-electron chi connectivity index (χ0n) is 18.4. The Kier molecular flexibility index (Phi) is 6.06. The molecule has 0 bridgehead atoms. The van der Waals surface area contributed by atoms with Crippen molar-refractivity contribution in [3.05, 3.63) is 46.9 Å². The van der Waals surface area contributed by atoms with E-state index in [0.29, 0.717) is 37.4 Å². The number of amides is 2. The van der Waals surface area contributed by atoms with Crippen LogP contribution in [-0.4, -0.2) is 65.4 Å². The first-order valence-corrected chi connectivity index (χ1v) is 10.8. The molecule has 8 nitrogen and oxygen atoms in total. The standard InChI is InChI=1S/C23H29N5O3/c1-15(29)27-10-5-7-17(13-27)21-25-20-14-28(11-9-19(20)22(24-2)26-21)23(30)16-6-4-8-18(12-16)31-3/h4,6,8,12,17H,5,7,9-11,13-14H2,1-3H3,(H,24,25,26). The van der Waals surface area contributed by atoms with Gasteiger partial charge in [0.2, 0.25) is 5.91 Å². The summed E-state index contributed by atoms with van der Waals surface area (Å²) in [7, 11) is 3.46. The maximum atomic E-state index is 13.1. The second-order valence-corrected chi connectivity index (χ2v) is 8.12. The number of ether oxygens (including phenoxy) is 1. The van der Waals surface area contributed by atoms with Crippen LogP contribution in [0.3, 0.4) is 0 Å². The Balaban J connectivity index is 1.59. The van der Waals surface area contributed by atoms with E-state index in [2.05, 4.69) is 5.32 Å². The Morgan fingerprint density at radius 2 is 2.03 bits per heavy atom. The van der Waals surface area contributed by atoms with E-state index < -0.39 is 0 Å². The number of likely N-dealkylation sites (tertiary alicyclic amines) is 1. The van der Waals surface area contributed by atoms with Gasteiger partial charge in [0.05, 0.1) is 19.3 Å². The number of carbonyl (C=O) groups excluding carboxylic acids is 2. The summed E-state index contributed by atoms with van der Waals surface area (Å²) in [5.74, 6) is 2.41. The van der Waals surface area contributed by atoms with E-state index >= 15 is 0 Å². The van der Waals surface area contributed by atoms with E-state index in [0.717, 1.165) is 42.3 Å². The molecule has 2 aromatic rings. The Labute approximate surface area is 182 Å². The first kappa shape index (κ1) is 21.1. The predicted molar refractivity (Wildman–Crippen MR) is 117 cm³/mol. The SMILES string of the molecule is CNc1nc(C2CCCN(C(C)=O)C2)nc2c1CCN(C(=O)c1cccc(OC)c1)C2. The molecule has 1 atom stereocenters. The van der Waals surface area contributed by atoms with Crippen molar-refractivity contribution in [3.63, 3.8) is 0 Å². The first-order chi connectivity index (χ1) is 15.0. The fourth-order valence-corrected chi connectivity index (χ4v) is 4.42. The Hall–Kier alpha value is -3.16. The number of methoxy groups -OCH3 is 1. The van der Waals surface area contributed by atoms with Crippen LogP contribution in [0.5, 0.6) is 5.75 Å². The van der Waals surface area contributed by atoms with Gasteiger partial charge in [-0.2, -0.15) is 0 Å². The van der Waals surface area contributed by atoms with Crippen molar-refractivity contribution >= 4 is 17.6 Å². The summed E-state index contributed by atoms with van der Waals surface area (Å²) in [5, 5.41) is 3.21. The van der Waals surface area contributed by atoms with Crippen LogP contribution in [0.15, 0.2) is 24.3 Å². The van der Waals surface area contributed by atoms with Gasteiger partial charge in [0, 0.05) is 50.7 Å². The average molecular weight is 424 g/mol. The Morgan fingerprint density at radius 1 is 1.19 bits per heavy atom. The van der Waals surface area contributed by atoms with Gasteiger partial charge in [-0.15, -0.1) is 0 Å². The largest absolute Gasteiger partial charge is 0.497 e. The number of carbonyl (C=O) groups is 2. The van der Waals surface area contributed by atoms with Crippen LogP contribution >= 0.6 is 0 Å². The quantitative estimate of drug-likeness (QED) is 0.813. The van der Waals surface area contributed by atoms with Gasteiger partial charge < -0.3 is 19.9 Å².